The van der Waals surface area contributed by atoms with Crippen LogP contribution in [0.1, 0.15) is 50.2 Å². The molecule has 0 saturated heterocycles. The van der Waals surface area contributed by atoms with E-state index in [1.807, 2.05) is 6.92 Å². The summed E-state index contributed by atoms with van der Waals surface area (Å²) in [5, 5.41) is 9.61. The summed E-state index contributed by atoms with van der Waals surface area (Å²) in [5.41, 5.74) is 0.603. The van der Waals surface area contributed by atoms with Crippen LogP contribution in [0.5, 0.6) is 0 Å². The molecule has 6 heteroatoms. The fourth-order valence-electron chi connectivity index (χ4n) is 1.65. The van der Waals surface area contributed by atoms with Crippen LogP contribution >= 0.6 is 11.5 Å². The molecule has 5 nitrogen and oxygen atoms in total. The molecule has 112 valence electrons. The highest BCUT2D eigenvalue weighted by molar-refractivity contribution is 7.11. The van der Waals surface area contributed by atoms with Crippen LogP contribution in [0.2, 0.25) is 0 Å². The lowest BCUT2D eigenvalue weighted by Crippen LogP contribution is -2.31. The number of carboxylic acid groups (broad SMARTS) is 1. The number of carbonyl (C=O) groups excluding carboxylic acids is 1. The Morgan fingerprint density at radius 1 is 1.40 bits per heavy atom. The number of aromatic nitrogens is 1. The van der Waals surface area contributed by atoms with E-state index in [1.165, 1.54) is 4.90 Å². The lowest BCUT2D eigenvalue weighted by Gasteiger charge is -2.28. The van der Waals surface area contributed by atoms with Crippen LogP contribution in [0, 0.1) is 18.3 Å². The third-order valence-electron chi connectivity index (χ3n) is 3.70. The van der Waals surface area contributed by atoms with E-state index in [4.69, 9.17) is 0 Å². The standard InChI is InChI=1S/C14H22N2O3S/c1-8(14(3,4)5)7-10(17)16(6)12-11(13(18)19)9(2)15-20-12/h8H,7H2,1-6H3,(H,18,19). The summed E-state index contributed by atoms with van der Waals surface area (Å²) in [6, 6.07) is 0. The Labute approximate surface area is 123 Å². The molecule has 0 aliphatic rings. The van der Waals surface area contributed by atoms with Crippen LogP contribution in [0.15, 0.2) is 0 Å². The number of amides is 1. The molecule has 1 aromatic heterocycles. The van der Waals surface area contributed by atoms with Gasteiger partial charge in [-0.2, -0.15) is 4.37 Å². The summed E-state index contributed by atoms with van der Waals surface area (Å²) in [5.74, 6) is -0.923. The number of aromatic carboxylic acids is 1. The minimum Gasteiger partial charge on any atom is -0.478 e. The van der Waals surface area contributed by atoms with E-state index in [2.05, 4.69) is 25.1 Å². The highest BCUT2D eigenvalue weighted by Crippen LogP contribution is 2.32. The molecule has 1 rings (SSSR count). The van der Waals surface area contributed by atoms with Crippen LogP contribution in [-0.2, 0) is 4.79 Å². The zero-order chi connectivity index (χ0) is 15.7. The fraction of sp³-hybridized carbons (Fsp3) is 0.643. The summed E-state index contributed by atoms with van der Waals surface area (Å²) >= 11 is 1.05. The molecule has 0 aromatic carbocycles. The molecule has 0 saturated carbocycles. The number of aryl methyl sites for hydroxylation is 1. The predicted octanol–water partition coefficient (Wildman–Crippen LogP) is 3.18. The summed E-state index contributed by atoms with van der Waals surface area (Å²) in [6.07, 6.45) is 0.385. The highest BCUT2D eigenvalue weighted by atomic mass is 32.1. The maximum absolute atomic E-state index is 12.3. The van der Waals surface area contributed by atoms with Crippen molar-refractivity contribution in [2.45, 2.75) is 41.0 Å². The van der Waals surface area contributed by atoms with Crippen LogP contribution in [0.4, 0.5) is 5.00 Å². The van der Waals surface area contributed by atoms with Crippen molar-refractivity contribution in [3.05, 3.63) is 11.3 Å². The highest BCUT2D eigenvalue weighted by Gasteiger charge is 2.28. The first kappa shape index (κ1) is 16.6. The first-order valence-electron chi connectivity index (χ1n) is 6.51. The van der Waals surface area contributed by atoms with Gasteiger partial charge in [0.15, 0.2) is 0 Å². The molecule has 1 N–H and O–H groups in total. The average Bonchev–Trinajstić information content (AvgIpc) is 2.68. The molecule has 0 aliphatic carbocycles. The Balaban J connectivity index is 2.93. The smallest absolute Gasteiger partial charge is 0.340 e. The van der Waals surface area contributed by atoms with Gasteiger partial charge in [-0.15, -0.1) is 0 Å². The second kappa shape index (κ2) is 5.91. The zero-order valence-corrected chi connectivity index (χ0v) is 13.7. The number of anilines is 1. The number of carboxylic acids is 1. The van der Waals surface area contributed by atoms with Crippen LogP contribution < -0.4 is 4.90 Å². The lowest BCUT2D eigenvalue weighted by atomic mass is 9.80. The van der Waals surface area contributed by atoms with Crippen molar-refractivity contribution in [1.82, 2.24) is 4.37 Å². The fourth-order valence-corrected chi connectivity index (χ4v) is 2.52. The van der Waals surface area contributed by atoms with Gasteiger partial charge in [-0.05, 0) is 29.8 Å². The SMILES string of the molecule is Cc1nsc(N(C)C(=O)CC(C)C(C)(C)C)c1C(=O)O. The molecule has 1 amide bonds. The van der Waals surface area contributed by atoms with Gasteiger partial charge < -0.3 is 10.0 Å². The third kappa shape index (κ3) is 3.56. The van der Waals surface area contributed by atoms with Crippen LogP contribution in [-0.4, -0.2) is 28.4 Å². The Kier molecular flexibility index (Phi) is 4.91. The van der Waals surface area contributed by atoms with Crippen molar-refractivity contribution in [1.29, 1.82) is 0 Å². The van der Waals surface area contributed by atoms with Gasteiger partial charge in [0.2, 0.25) is 5.91 Å². The van der Waals surface area contributed by atoms with Gasteiger partial charge in [0.1, 0.15) is 10.6 Å². The summed E-state index contributed by atoms with van der Waals surface area (Å²) in [6.45, 7) is 9.93. The van der Waals surface area contributed by atoms with E-state index < -0.39 is 5.97 Å². The van der Waals surface area contributed by atoms with Crippen molar-refractivity contribution >= 4 is 28.4 Å². The van der Waals surface area contributed by atoms with E-state index >= 15 is 0 Å². The number of hydrogen-bond acceptors (Lipinski definition) is 4. The maximum Gasteiger partial charge on any atom is 0.340 e. The van der Waals surface area contributed by atoms with Crippen molar-refractivity contribution in [2.24, 2.45) is 11.3 Å². The topological polar surface area (TPSA) is 70.5 Å². The quantitative estimate of drug-likeness (QED) is 0.926. The first-order chi connectivity index (χ1) is 9.05. The van der Waals surface area contributed by atoms with E-state index in [1.54, 1.807) is 14.0 Å². The monoisotopic (exact) mass is 298 g/mol. The number of nitrogens with zero attached hydrogens (tertiary/aromatic N) is 2. The third-order valence-corrected chi connectivity index (χ3v) is 4.71. The van der Waals surface area contributed by atoms with Crippen molar-refractivity contribution in [3.8, 4) is 0 Å². The largest absolute Gasteiger partial charge is 0.478 e. The number of hydrogen-bond donors (Lipinski definition) is 1. The molecule has 1 aromatic rings. The number of carbonyl (C=O) groups is 2. The molecule has 0 spiro atoms. The van der Waals surface area contributed by atoms with Gasteiger partial charge in [0.25, 0.3) is 0 Å². The van der Waals surface area contributed by atoms with Gasteiger partial charge >= 0.3 is 5.97 Å². The lowest BCUT2D eigenvalue weighted by molar-refractivity contribution is -0.119. The van der Waals surface area contributed by atoms with E-state index in [9.17, 15) is 14.7 Å². The van der Waals surface area contributed by atoms with Gasteiger partial charge in [-0.1, -0.05) is 27.7 Å². The molecule has 1 atom stereocenters. The minimum atomic E-state index is -1.05. The second-order valence-corrected chi connectivity index (χ2v) is 6.93. The molecule has 0 aliphatic heterocycles. The van der Waals surface area contributed by atoms with Crippen molar-refractivity contribution in [3.63, 3.8) is 0 Å². The number of rotatable bonds is 4. The van der Waals surface area contributed by atoms with Crippen molar-refractivity contribution < 1.29 is 14.7 Å². The van der Waals surface area contributed by atoms with E-state index in [0.717, 1.165) is 11.5 Å². The first-order valence-corrected chi connectivity index (χ1v) is 7.29. The molecule has 0 bridgehead atoms. The van der Waals surface area contributed by atoms with Gasteiger partial charge in [0.05, 0.1) is 5.69 Å². The zero-order valence-electron chi connectivity index (χ0n) is 12.9. The molecule has 1 heterocycles. The van der Waals surface area contributed by atoms with Gasteiger partial charge in [-0.25, -0.2) is 4.79 Å². The summed E-state index contributed by atoms with van der Waals surface area (Å²) in [7, 11) is 1.61. The predicted molar refractivity (Wildman–Crippen MR) is 80.5 cm³/mol. The van der Waals surface area contributed by atoms with E-state index in [0.29, 0.717) is 17.1 Å². The molecule has 20 heavy (non-hydrogen) atoms. The molecular formula is C14H22N2O3S. The Morgan fingerprint density at radius 3 is 2.40 bits per heavy atom. The maximum atomic E-state index is 12.3. The van der Waals surface area contributed by atoms with E-state index in [-0.39, 0.29) is 22.8 Å². The molecular weight excluding hydrogens is 276 g/mol. The second-order valence-electron chi connectivity index (χ2n) is 6.18. The van der Waals surface area contributed by atoms with Crippen molar-refractivity contribution in [2.75, 3.05) is 11.9 Å². The Hall–Kier alpha value is -1.43. The van der Waals surface area contributed by atoms with Gasteiger partial charge in [0, 0.05) is 13.5 Å². The van der Waals surface area contributed by atoms with Crippen LogP contribution in [0.3, 0.4) is 0 Å². The normalized spacial score (nSPS) is 13.1. The van der Waals surface area contributed by atoms with Crippen LogP contribution in [0.25, 0.3) is 0 Å². The summed E-state index contributed by atoms with van der Waals surface area (Å²) < 4.78 is 4.04. The molecule has 0 fully saturated rings. The Bertz CT molecular complexity index is 517. The Morgan fingerprint density at radius 2 is 1.95 bits per heavy atom. The molecule has 0 radical (unpaired) electrons. The molecule has 1 unspecified atom stereocenters. The average molecular weight is 298 g/mol. The minimum absolute atomic E-state index is 0.0374. The summed E-state index contributed by atoms with van der Waals surface area (Å²) in [4.78, 5) is 25.0. The van der Waals surface area contributed by atoms with Gasteiger partial charge in [-0.3, -0.25) is 4.79 Å².